The molecule has 0 radical (unpaired) electrons. The van der Waals surface area contributed by atoms with Crippen LogP contribution in [-0.2, 0) is 17.6 Å². The maximum absolute atomic E-state index is 12.8. The van der Waals surface area contributed by atoms with E-state index in [0.29, 0.717) is 12.8 Å². The molecule has 0 bridgehead atoms. The number of nitrogens with one attached hydrogen (secondary N) is 1. The average Bonchev–Trinajstić information content (AvgIpc) is 2.85. The van der Waals surface area contributed by atoms with Gasteiger partial charge in [-0.05, 0) is 67.7 Å². The van der Waals surface area contributed by atoms with E-state index in [9.17, 15) is 4.79 Å². The third-order valence-corrected chi connectivity index (χ3v) is 7.09. The Balaban J connectivity index is 0.000000327. The number of benzene rings is 2. The lowest BCUT2D eigenvalue weighted by atomic mass is 9.82. The van der Waals surface area contributed by atoms with E-state index in [0.717, 1.165) is 66.2 Å². The highest BCUT2D eigenvalue weighted by molar-refractivity contribution is 6.31. The van der Waals surface area contributed by atoms with Gasteiger partial charge in [0.25, 0.3) is 0 Å². The summed E-state index contributed by atoms with van der Waals surface area (Å²) in [5.41, 5.74) is 3.88. The molecule has 2 unspecified atom stereocenters. The van der Waals surface area contributed by atoms with E-state index in [1.54, 1.807) is 6.92 Å². The van der Waals surface area contributed by atoms with Gasteiger partial charge in [0.2, 0.25) is 0 Å². The first-order valence-electron chi connectivity index (χ1n) is 12.4. The standard InChI is InChI=1S/C22H24ClNO2.C6H14O3/c1-2-15-3-5-19(23)17(11-15)12-16-4-6-21-18(13-16)20(25)14-22(26-21)7-9-24-10-8-22;1-5(8)3-6(4-7)9-2/h3-6,11,13,24H,2,7-10,12,14H2,1H3;5-8H,3-4H2,1-2H3. The molecule has 0 aliphatic carbocycles. The molecule has 0 amide bonds. The fourth-order valence-corrected chi connectivity index (χ4v) is 4.83. The van der Waals surface area contributed by atoms with Crippen molar-refractivity contribution in [3.05, 3.63) is 63.7 Å². The first kappa shape index (κ1) is 27.6. The molecule has 2 aromatic rings. The van der Waals surface area contributed by atoms with Crippen LogP contribution in [0.3, 0.4) is 0 Å². The normalized spacial score (nSPS) is 18.2. The summed E-state index contributed by atoms with van der Waals surface area (Å²) >= 11 is 6.37. The average molecular weight is 504 g/mol. The first-order chi connectivity index (χ1) is 16.8. The molecule has 2 heterocycles. The van der Waals surface area contributed by atoms with Crippen LogP contribution >= 0.6 is 11.6 Å². The Labute approximate surface area is 213 Å². The molecule has 192 valence electrons. The number of aliphatic hydroxyl groups excluding tert-OH is 2. The van der Waals surface area contributed by atoms with Crippen LogP contribution in [-0.4, -0.2) is 60.6 Å². The van der Waals surface area contributed by atoms with Crippen LogP contribution < -0.4 is 10.1 Å². The van der Waals surface area contributed by atoms with E-state index in [1.807, 2.05) is 18.2 Å². The minimum atomic E-state index is -0.401. The molecule has 6 nitrogen and oxygen atoms in total. The lowest BCUT2D eigenvalue weighted by Crippen LogP contribution is -2.49. The van der Waals surface area contributed by atoms with Gasteiger partial charge < -0.3 is 25.0 Å². The molecule has 0 aromatic heterocycles. The molecular weight excluding hydrogens is 466 g/mol. The van der Waals surface area contributed by atoms with Gasteiger partial charge in [-0.25, -0.2) is 0 Å². The van der Waals surface area contributed by atoms with E-state index in [2.05, 4.69) is 30.4 Å². The second-order valence-electron chi connectivity index (χ2n) is 9.55. The number of aliphatic hydroxyl groups is 2. The Morgan fingerprint density at radius 1 is 1.17 bits per heavy atom. The number of carbonyl (C=O) groups is 1. The van der Waals surface area contributed by atoms with Gasteiger partial charge in [0.05, 0.1) is 30.8 Å². The highest BCUT2D eigenvalue weighted by Crippen LogP contribution is 2.38. The van der Waals surface area contributed by atoms with Gasteiger partial charge in [-0.1, -0.05) is 36.7 Å². The number of hydrogen-bond acceptors (Lipinski definition) is 6. The highest BCUT2D eigenvalue weighted by atomic mass is 35.5. The summed E-state index contributed by atoms with van der Waals surface area (Å²) in [5.74, 6) is 0.934. The number of Topliss-reactive ketones (excluding diaryl/α,β-unsaturated/α-hetero) is 1. The third-order valence-electron chi connectivity index (χ3n) is 6.72. The molecule has 1 saturated heterocycles. The van der Waals surface area contributed by atoms with Crippen molar-refractivity contribution in [3.63, 3.8) is 0 Å². The van der Waals surface area contributed by atoms with Crippen molar-refractivity contribution < 1.29 is 24.5 Å². The Hall–Kier alpha value is -1.96. The molecule has 3 N–H and O–H groups in total. The SMILES string of the molecule is CCc1ccc(Cl)c(Cc2ccc3c(c2)C(=O)CC2(CCNCC2)O3)c1.COC(CO)CC(C)O. The van der Waals surface area contributed by atoms with Crippen LogP contribution in [0.5, 0.6) is 5.75 Å². The lowest BCUT2D eigenvalue weighted by Gasteiger charge is -2.41. The van der Waals surface area contributed by atoms with E-state index in [1.165, 1.54) is 12.7 Å². The number of piperidine rings is 1. The van der Waals surface area contributed by atoms with Crippen molar-refractivity contribution >= 4 is 17.4 Å². The molecule has 4 rings (SSSR count). The quantitative estimate of drug-likeness (QED) is 0.521. The summed E-state index contributed by atoms with van der Waals surface area (Å²) in [6.07, 6.45) is 3.84. The summed E-state index contributed by atoms with van der Waals surface area (Å²) in [6, 6.07) is 12.2. The van der Waals surface area contributed by atoms with Crippen molar-refractivity contribution in [2.45, 2.75) is 70.2 Å². The molecule has 2 aliphatic heterocycles. The van der Waals surface area contributed by atoms with Gasteiger partial charge in [0.15, 0.2) is 5.78 Å². The minimum Gasteiger partial charge on any atom is -0.486 e. The Morgan fingerprint density at radius 2 is 1.89 bits per heavy atom. The number of carbonyl (C=O) groups excluding carboxylic acids is 1. The van der Waals surface area contributed by atoms with Crippen LogP contribution in [0.2, 0.25) is 5.02 Å². The fourth-order valence-electron chi connectivity index (χ4n) is 4.64. The number of aryl methyl sites for hydroxylation is 1. The van der Waals surface area contributed by atoms with Gasteiger partial charge in [-0.2, -0.15) is 0 Å². The lowest BCUT2D eigenvalue weighted by molar-refractivity contribution is 0.0141. The highest BCUT2D eigenvalue weighted by Gasteiger charge is 2.41. The second-order valence-corrected chi connectivity index (χ2v) is 9.95. The van der Waals surface area contributed by atoms with Crippen LogP contribution in [0.25, 0.3) is 0 Å². The predicted molar refractivity (Wildman–Crippen MR) is 139 cm³/mol. The Bertz CT molecular complexity index is 983. The first-order valence-corrected chi connectivity index (χ1v) is 12.8. The topological polar surface area (TPSA) is 88.0 Å². The van der Waals surface area contributed by atoms with Gasteiger partial charge in [-0.15, -0.1) is 0 Å². The Kier molecular flexibility index (Phi) is 10.1. The minimum absolute atomic E-state index is 0.0264. The van der Waals surface area contributed by atoms with E-state index >= 15 is 0 Å². The van der Waals surface area contributed by atoms with E-state index in [-0.39, 0.29) is 24.1 Å². The summed E-state index contributed by atoms with van der Waals surface area (Å²) in [4.78, 5) is 12.8. The van der Waals surface area contributed by atoms with E-state index < -0.39 is 6.10 Å². The number of ketones is 1. The van der Waals surface area contributed by atoms with E-state index in [4.69, 9.17) is 31.3 Å². The van der Waals surface area contributed by atoms with Gasteiger partial charge >= 0.3 is 0 Å². The van der Waals surface area contributed by atoms with Crippen molar-refractivity contribution in [1.82, 2.24) is 5.32 Å². The van der Waals surface area contributed by atoms with Crippen LogP contribution in [0.4, 0.5) is 0 Å². The molecule has 1 spiro atoms. The molecular formula is C28H38ClNO5. The molecule has 1 fully saturated rings. The van der Waals surface area contributed by atoms with Crippen molar-refractivity contribution in [3.8, 4) is 5.75 Å². The summed E-state index contributed by atoms with van der Waals surface area (Å²) < 4.78 is 11.1. The number of fused-ring (bicyclic) bond motifs is 1. The molecule has 2 aromatic carbocycles. The number of methoxy groups -OCH3 is 1. The Morgan fingerprint density at radius 3 is 2.49 bits per heavy atom. The number of rotatable bonds is 7. The van der Waals surface area contributed by atoms with Crippen molar-refractivity contribution in [2.75, 3.05) is 26.8 Å². The van der Waals surface area contributed by atoms with Gasteiger partial charge in [0.1, 0.15) is 11.4 Å². The maximum atomic E-state index is 12.8. The fraction of sp³-hybridized carbons (Fsp3) is 0.536. The van der Waals surface area contributed by atoms with Crippen molar-refractivity contribution in [2.24, 2.45) is 0 Å². The smallest absolute Gasteiger partial charge is 0.170 e. The predicted octanol–water partition coefficient (Wildman–Crippen LogP) is 4.35. The zero-order chi connectivity index (χ0) is 25.4. The molecule has 35 heavy (non-hydrogen) atoms. The second kappa shape index (κ2) is 12.8. The summed E-state index contributed by atoms with van der Waals surface area (Å²) in [7, 11) is 1.52. The monoisotopic (exact) mass is 503 g/mol. The van der Waals surface area contributed by atoms with Crippen LogP contribution in [0.1, 0.15) is 66.6 Å². The maximum Gasteiger partial charge on any atom is 0.170 e. The summed E-state index contributed by atoms with van der Waals surface area (Å²) in [5, 5.41) is 21.4. The van der Waals surface area contributed by atoms with Crippen molar-refractivity contribution in [1.29, 1.82) is 0 Å². The van der Waals surface area contributed by atoms with Gasteiger partial charge in [0, 0.05) is 31.4 Å². The summed E-state index contributed by atoms with van der Waals surface area (Å²) in [6.45, 7) is 5.60. The molecule has 2 atom stereocenters. The number of hydrogen-bond donors (Lipinski definition) is 3. The third kappa shape index (κ3) is 7.51. The number of ether oxygens (including phenoxy) is 2. The van der Waals surface area contributed by atoms with Crippen LogP contribution in [0.15, 0.2) is 36.4 Å². The molecule has 0 saturated carbocycles. The molecule has 2 aliphatic rings. The zero-order valence-corrected chi connectivity index (χ0v) is 21.7. The zero-order valence-electron chi connectivity index (χ0n) is 21.0. The molecule has 7 heteroatoms. The van der Waals surface area contributed by atoms with Gasteiger partial charge in [-0.3, -0.25) is 4.79 Å². The van der Waals surface area contributed by atoms with Crippen LogP contribution in [0, 0.1) is 0 Å². The number of halogens is 1. The largest absolute Gasteiger partial charge is 0.486 e.